The summed E-state index contributed by atoms with van der Waals surface area (Å²) in [4.78, 5) is 1.30. The van der Waals surface area contributed by atoms with Crippen LogP contribution in [0.1, 0.15) is 18.2 Å². The molecule has 0 fully saturated rings. The molecule has 0 aliphatic heterocycles. The fourth-order valence-corrected chi connectivity index (χ4v) is 2.76. The third-order valence-corrected chi connectivity index (χ3v) is 4.09. The molecule has 0 aliphatic rings. The van der Waals surface area contributed by atoms with Gasteiger partial charge in [0.05, 0.1) is 6.61 Å². The molecular formula is C12H18BrNOS. The zero-order valence-corrected chi connectivity index (χ0v) is 12.2. The van der Waals surface area contributed by atoms with Crippen LogP contribution in [0, 0.1) is 0 Å². The number of hydrogen-bond donors (Lipinski definition) is 1. The SMILES string of the molecule is CC/C(=C/c1sccc1Br)CNCCOC. The standard InChI is InChI=1S/C12H18BrNOS/c1-3-10(9-14-5-6-15-2)8-12-11(13)4-7-16-12/h4,7-8,14H,3,5-6,9H2,1-2H3/b10-8-. The highest BCUT2D eigenvalue weighted by molar-refractivity contribution is 9.10. The average Bonchev–Trinajstić information content (AvgIpc) is 2.68. The minimum atomic E-state index is 0.764. The Bertz CT molecular complexity index is 336. The summed E-state index contributed by atoms with van der Waals surface area (Å²) in [5, 5.41) is 5.46. The Hall–Kier alpha value is -0.160. The molecule has 4 heteroatoms. The summed E-state index contributed by atoms with van der Waals surface area (Å²) in [5.74, 6) is 0. The van der Waals surface area contributed by atoms with Gasteiger partial charge in [-0.05, 0) is 39.9 Å². The van der Waals surface area contributed by atoms with Crippen molar-refractivity contribution in [2.45, 2.75) is 13.3 Å². The molecule has 0 aromatic carbocycles. The lowest BCUT2D eigenvalue weighted by Crippen LogP contribution is -2.21. The molecular weight excluding hydrogens is 286 g/mol. The van der Waals surface area contributed by atoms with Crippen molar-refractivity contribution in [1.29, 1.82) is 0 Å². The van der Waals surface area contributed by atoms with E-state index in [-0.39, 0.29) is 0 Å². The molecule has 0 saturated carbocycles. The molecule has 1 N–H and O–H groups in total. The number of ether oxygens (including phenoxy) is 1. The predicted octanol–water partition coefficient (Wildman–Crippen LogP) is 3.54. The highest BCUT2D eigenvalue weighted by Gasteiger charge is 2.00. The molecule has 0 aliphatic carbocycles. The van der Waals surface area contributed by atoms with Gasteiger partial charge in [-0.2, -0.15) is 0 Å². The first kappa shape index (κ1) is 13.9. The van der Waals surface area contributed by atoms with Crippen molar-refractivity contribution in [1.82, 2.24) is 5.32 Å². The van der Waals surface area contributed by atoms with Crippen LogP contribution in [-0.4, -0.2) is 26.8 Å². The van der Waals surface area contributed by atoms with Gasteiger partial charge in [-0.3, -0.25) is 0 Å². The van der Waals surface area contributed by atoms with E-state index < -0.39 is 0 Å². The van der Waals surface area contributed by atoms with Crippen LogP contribution in [0.3, 0.4) is 0 Å². The third-order valence-electron chi connectivity index (χ3n) is 2.27. The quantitative estimate of drug-likeness (QED) is 0.778. The van der Waals surface area contributed by atoms with E-state index >= 15 is 0 Å². The molecule has 16 heavy (non-hydrogen) atoms. The van der Waals surface area contributed by atoms with Crippen molar-refractivity contribution in [2.24, 2.45) is 0 Å². The first-order valence-corrected chi connectivity index (χ1v) is 7.07. The molecule has 1 aromatic rings. The summed E-state index contributed by atoms with van der Waals surface area (Å²) in [6.07, 6.45) is 3.33. The molecule has 1 rings (SSSR count). The van der Waals surface area contributed by atoms with Crippen LogP contribution in [-0.2, 0) is 4.74 Å². The first-order valence-electron chi connectivity index (χ1n) is 5.40. The topological polar surface area (TPSA) is 21.3 Å². The van der Waals surface area contributed by atoms with Crippen molar-refractivity contribution in [3.63, 3.8) is 0 Å². The lowest BCUT2D eigenvalue weighted by atomic mass is 10.2. The molecule has 1 heterocycles. The molecule has 0 unspecified atom stereocenters. The van der Waals surface area contributed by atoms with Crippen molar-refractivity contribution < 1.29 is 4.74 Å². The van der Waals surface area contributed by atoms with Gasteiger partial charge in [0.1, 0.15) is 0 Å². The Balaban J connectivity index is 2.47. The highest BCUT2D eigenvalue weighted by Crippen LogP contribution is 2.25. The second kappa shape index (κ2) is 8.01. The summed E-state index contributed by atoms with van der Waals surface area (Å²) in [5.41, 5.74) is 1.42. The van der Waals surface area contributed by atoms with E-state index in [2.05, 4.69) is 45.7 Å². The lowest BCUT2D eigenvalue weighted by molar-refractivity contribution is 0.200. The summed E-state index contributed by atoms with van der Waals surface area (Å²) in [6.45, 7) is 4.79. The predicted molar refractivity (Wildman–Crippen MR) is 75.0 cm³/mol. The van der Waals surface area contributed by atoms with Crippen molar-refractivity contribution in [3.8, 4) is 0 Å². The summed E-state index contributed by atoms with van der Waals surface area (Å²) >= 11 is 5.30. The van der Waals surface area contributed by atoms with Gasteiger partial charge in [-0.1, -0.05) is 12.5 Å². The van der Waals surface area contributed by atoms with Crippen LogP contribution in [0.25, 0.3) is 6.08 Å². The fourth-order valence-electron chi connectivity index (χ4n) is 1.30. The maximum absolute atomic E-state index is 4.99. The van der Waals surface area contributed by atoms with E-state index in [9.17, 15) is 0 Å². The molecule has 0 atom stereocenters. The molecule has 2 nitrogen and oxygen atoms in total. The Morgan fingerprint density at radius 1 is 1.62 bits per heavy atom. The summed E-state index contributed by atoms with van der Waals surface area (Å²) < 4.78 is 6.18. The molecule has 0 bridgehead atoms. The lowest BCUT2D eigenvalue weighted by Gasteiger charge is -2.06. The summed E-state index contributed by atoms with van der Waals surface area (Å²) in [7, 11) is 1.72. The third kappa shape index (κ3) is 4.78. The second-order valence-corrected chi connectivity index (χ2v) is 5.26. The van der Waals surface area contributed by atoms with E-state index in [0.29, 0.717) is 0 Å². The zero-order chi connectivity index (χ0) is 11.8. The maximum Gasteiger partial charge on any atom is 0.0587 e. The van der Waals surface area contributed by atoms with Crippen LogP contribution in [0.2, 0.25) is 0 Å². The van der Waals surface area contributed by atoms with Crippen molar-refractivity contribution in [3.05, 3.63) is 26.4 Å². The summed E-state index contributed by atoms with van der Waals surface area (Å²) in [6, 6.07) is 2.09. The largest absolute Gasteiger partial charge is 0.383 e. The second-order valence-electron chi connectivity index (χ2n) is 3.46. The fraction of sp³-hybridized carbons (Fsp3) is 0.500. The van der Waals surface area contributed by atoms with Gasteiger partial charge in [-0.15, -0.1) is 11.3 Å². The molecule has 0 spiro atoms. The van der Waals surface area contributed by atoms with E-state index in [0.717, 1.165) is 26.1 Å². The van der Waals surface area contributed by atoms with Gasteiger partial charge >= 0.3 is 0 Å². The molecule has 1 aromatic heterocycles. The Labute approximate surface area is 110 Å². The van der Waals surface area contributed by atoms with Gasteiger partial charge in [0.2, 0.25) is 0 Å². The Kier molecular flexibility index (Phi) is 6.96. The van der Waals surface area contributed by atoms with Crippen LogP contribution >= 0.6 is 27.3 Å². The van der Waals surface area contributed by atoms with Crippen LogP contribution < -0.4 is 5.32 Å². The van der Waals surface area contributed by atoms with E-state index in [1.165, 1.54) is 14.9 Å². The van der Waals surface area contributed by atoms with E-state index in [1.807, 2.05) is 0 Å². The monoisotopic (exact) mass is 303 g/mol. The number of thiophene rings is 1. The van der Waals surface area contributed by atoms with Gasteiger partial charge in [0, 0.05) is 29.5 Å². The maximum atomic E-state index is 4.99. The normalized spacial score (nSPS) is 12.1. The first-order chi connectivity index (χ1) is 7.77. The molecule has 90 valence electrons. The van der Waals surface area contributed by atoms with Gasteiger partial charge < -0.3 is 10.1 Å². The minimum Gasteiger partial charge on any atom is -0.383 e. The highest BCUT2D eigenvalue weighted by atomic mass is 79.9. The Morgan fingerprint density at radius 2 is 2.44 bits per heavy atom. The molecule has 0 amide bonds. The zero-order valence-electron chi connectivity index (χ0n) is 9.75. The van der Waals surface area contributed by atoms with Crippen LogP contribution in [0.4, 0.5) is 0 Å². The molecule has 0 radical (unpaired) electrons. The number of hydrogen-bond acceptors (Lipinski definition) is 3. The van der Waals surface area contributed by atoms with Gasteiger partial charge in [-0.25, -0.2) is 0 Å². The van der Waals surface area contributed by atoms with Crippen molar-refractivity contribution in [2.75, 3.05) is 26.8 Å². The van der Waals surface area contributed by atoms with Gasteiger partial charge in [0.15, 0.2) is 0 Å². The van der Waals surface area contributed by atoms with Gasteiger partial charge in [0.25, 0.3) is 0 Å². The minimum absolute atomic E-state index is 0.764. The Morgan fingerprint density at radius 3 is 3.00 bits per heavy atom. The smallest absolute Gasteiger partial charge is 0.0587 e. The number of halogens is 1. The number of rotatable bonds is 7. The molecule has 0 saturated heterocycles. The number of nitrogens with one attached hydrogen (secondary N) is 1. The number of methoxy groups -OCH3 is 1. The van der Waals surface area contributed by atoms with Crippen LogP contribution in [0.5, 0.6) is 0 Å². The van der Waals surface area contributed by atoms with Crippen molar-refractivity contribution >= 4 is 33.3 Å². The average molecular weight is 304 g/mol. The van der Waals surface area contributed by atoms with E-state index in [1.54, 1.807) is 18.4 Å². The van der Waals surface area contributed by atoms with Crippen LogP contribution in [0.15, 0.2) is 21.5 Å². The van der Waals surface area contributed by atoms with E-state index in [4.69, 9.17) is 4.74 Å².